The summed E-state index contributed by atoms with van der Waals surface area (Å²) in [6.45, 7) is 2.59. The van der Waals surface area contributed by atoms with Crippen LogP contribution in [0.4, 0.5) is 0 Å². The molecule has 0 saturated heterocycles. The van der Waals surface area contributed by atoms with Gasteiger partial charge in [0.2, 0.25) is 0 Å². The van der Waals surface area contributed by atoms with Gasteiger partial charge in [-0.15, -0.1) is 0 Å². The number of unbranched alkanes of at least 4 members (excludes halogenated alkanes) is 3. The van der Waals surface area contributed by atoms with E-state index in [9.17, 15) is 15.3 Å². The van der Waals surface area contributed by atoms with Crippen molar-refractivity contribution in [3.63, 3.8) is 0 Å². The highest BCUT2D eigenvalue weighted by atomic mass is 32.1. The molecule has 0 bridgehead atoms. The number of hydrogen-bond donors (Lipinski definition) is 5. The van der Waals surface area contributed by atoms with E-state index in [0.29, 0.717) is 5.57 Å². The Hall–Kier alpha value is 0.240. The Morgan fingerprint density at radius 3 is 2.25 bits per heavy atom. The zero-order valence-electron chi connectivity index (χ0n) is 11.9. The maximum Gasteiger partial charge on any atom is 0.111 e. The van der Waals surface area contributed by atoms with Crippen LogP contribution in [0.25, 0.3) is 0 Å². The predicted molar refractivity (Wildman–Crippen MR) is 89.9 cm³/mol. The van der Waals surface area contributed by atoms with Crippen LogP contribution in [0.5, 0.6) is 0 Å². The molecule has 122 valence electrons. The first-order valence-electron chi connectivity index (χ1n) is 6.70. The van der Waals surface area contributed by atoms with Crippen LogP contribution in [0.3, 0.4) is 0 Å². The van der Waals surface area contributed by atoms with E-state index in [1.54, 1.807) is 6.08 Å². The summed E-state index contributed by atoms with van der Waals surface area (Å²) in [5, 5.41) is 41.3. The molecule has 0 radical (unpaired) electrons. The smallest absolute Gasteiger partial charge is 0.111 e. The Bertz CT molecular complexity index is 279. The van der Waals surface area contributed by atoms with E-state index in [1.807, 2.05) is 0 Å². The van der Waals surface area contributed by atoms with Crippen LogP contribution in [0.15, 0.2) is 11.6 Å². The van der Waals surface area contributed by atoms with Gasteiger partial charge in [0.1, 0.15) is 18.3 Å². The molecule has 0 aromatic heterocycles. The minimum Gasteiger partial charge on any atom is -0.392 e. The fourth-order valence-corrected chi connectivity index (χ4v) is 2.19. The lowest BCUT2D eigenvalue weighted by atomic mass is 9.88. The Labute approximate surface area is 135 Å². The van der Waals surface area contributed by atoms with Crippen LogP contribution >= 0.6 is 27.0 Å². The Morgan fingerprint density at radius 2 is 1.70 bits per heavy atom. The summed E-state index contributed by atoms with van der Waals surface area (Å²) in [4.78, 5) is 0. The van der Waals surface area contributed by atoms with Crippen molar-refractivity contribution in [1.29, 1.82) is 0 Å². The number of nitrogens with one attached hydrogen (secondary N) is 1. The lowest BCUT2D eigenvalue weighted by Gasteiger charge is -2.34. The maximum absolute atomic E-state index is 9.83. The number of aliphatic hydroxyl groups is 4. The monoisotopic (exact) mass is 327 g/mol. The fraction of sp³-hybridized carbons (Fsp3) is 0.846. The third-order valence-corrected chi connectivity index (χ3v) is 3.41. The second-order valence-electron chi connectivity index (χ2n) is 4.87. The molecule has 0 amide bonds. The molecule has 0 aliphatic heterocycles. The lowest BCUT2D eigenvalue weighted by Crippen LogP contribution is -2.54. The van der Waals surface area contributed by atoms with Gasteiger partial charge >= 0.3 is 0 Å². The molecule has 1 aliphatic rings. The summed E-state index contributed by atoms with van der Waals surface area (Å²) in [5.74, 6) is 0. The second-order valence-corrected chi connectivity index (χ2v) is 4.87. The van der Waals surface area contributed by atoms with Gasteiger partial charge in [0, 0.05) is 0 Å². The molecule has 5 N–H and O–H groups in total. The zero-order valence-corrected chi connectivity index (χ0v) is 13.9. The summed E-state index contributed by atoms with van der Waals surface area (Å²) in [6.07, 6.45) is 2.66. The first-order valence-corrected chi connectivity index (χ1v) is 6.70. The largest absolute Gasteiger partial charge is 0.392 e. The van der Waals surface area contributed by atoms with E-state index in [4.69, 9.17) is 5.11 Å². The number of hydrogen-bond acceptors (Lipinski definition) is 5. The molecule has 0 aromatic rings. The molecule has 0 aromatic carbocycles. The SMILES string of the molecule is CCCCCCN[C@@H]1C=C(CO)[C@@H](O)[C@H](O)C1O.S.S. The highest BCUT2D eigenvalue weighted by Gasteiger charge is 2.36. The minimum atomic E-state index is -1.25. The van der Waals surface area contributed by atoms with E-state index in [1.165, 1.54) is 12.8 Å². The Balaban J connectivity index is 0. The predicted octanol–water partition coefficient (Wildman–Crippen LogP) is -0.235. The van der Waals surface area contributed by atoms with Crippen molar-refractivity contribution in [3.05, 3.63) is 11.6 Å². The maximum atomic E-state index is 9.83. The summed E-state index contributed by atoms with van der Waals surface area (Å²) in [7, 11) is 0. The first kappa shape index (κ1) is 22.5. The summed E-state index contributed by atoms with van der Waals surface area (Å²) >= 11 is 0. The van der Waals surface area contributed by atoms with Crippen molar-refractivity contribution < 1.29 is 20.4 Å². The highest BCUT2D eigenvalue weighted by Crippen LogP contribution is 2.20. The van der Waals surface area contributed by atoms with E-state index in [-0.39, 0.29) is 33.6 Å². The van der Waals surface area contributed by atoms with Gasteiger partial charge in [0.15, 0.2) is 0 Å². The van der Waals surface area contributed by atoms with Crippen LogP contribution < -0.4 is 5.32 Å². The van der Waals surface area contributed by atoms with Gasteiger partial charge in [-0.25, -0.2) is 0 Å². The first-order chi connectivity index (χ1) is 8.61. The van der Waals surface area contributed by atoms with Gasteiger partial charge in [-0.3, -0.25) is 0 Å². The molecule has 20 heavy (non-hydrogen) atoms. The topological polar surface area (TPSA) is 93.0 Å². The van der Waals surface area contributed by atoms with E-state index < -0.39 is 24.4 Å². The van der Waals surface area contributed by atoms with Crippen molar-refractivity contribution in [2.75, 3.05) is 13.2 Å². The number of aliphatic hydroxyl groups excluding tert-OH is 4. The molecule has 5 nitrogen and oxygen atoms in total. The molecule has 1 aliphatic carbocycles. The van der Waals surface area contributed by atoms with Gasteiger partial charge in [-0.1, -0.05) is 32.3 Å². The van der Waals surface area contributed by atoms with Gasteiger partial charge in [0.25, 0.3) is 0 Å². The summed E-state index contributed by atoms with van der Waals surface area (Å²) in [5.41, 5.74) is 0.360. The molecule has 0 saturated carbocycles. The lowest BCUT2D eigenvalue weighted by molar-refractivity contribution is -0.0641. The van der Waals surface area contributed by atoms with E-state index in [0.717, 1.165) is 19.4 Å². The van der Waals surface area contributed by atoms with Crippen molar-refractivity contribution in [1.82, 2.24) is 5.32 Å². The molecule has 1 unspecified atom stereocenters. The normalized spacial score (nSPS) is 29.1. The van der Waals surface area contributed by atoms with Crippen LogP contribution in [-0.2, 0) is 0 Å². The third kappa shape index (κ3) is 6.34. The molecule has 0 spiro atoms. The van der Waals surface area contributed by atoms with Crippen LogP contribution in [-0.4, -0.2) is 57.9 Å². The molecule has 0 heterocycles. The fourth-order valence-electron chi connectivity index (χ4n) is 2.19. The second kappa shape index (κ2) is 11.9. The molecular formula is C13H29NO4S2. The van der Waals surface area contributed by atoms with Gasteiger partial charge < -0.3 is 25.7 Å². The summed E-state index contributed by atoms with van der Waals surface area (Å²) in [6, 6.07) is -0.410. The Kier molecular flexibility index (Phi) is 13.3. The van der Waals surface area contributed by atoms with Gasteiger partial charge in [0.05, 0.1) is 12.6 Å². The minimum absolute atomic E-state index is 0. The van der Waals surface area contributed by atoms with Crippen molar-refractivity contribution >= 4 is 27.0 Å². The third-order valence-electron chi connectivity index (χ3n) is 3.41. The molecule has 1 rings (SSSR count). The van der Waals surface area contributed by atoms with Crippen molar-refractivity contribution in [3.8, 4) is 0 Å². The van der Waals surface area contributed by atoms with Gasteiger partial charge in [-0.05, 0) is 18.5 Å². The van der Waals surface area contributed by atoms with Crippen molar-refractivity contribution in [2.45, 2.75) is 57.0 Å². The summed E-state index contributed by atoms with van der Waals surface area (Å²) < 4.78 is 0. The van der Waals surface area contributed by atoms with Crippen LogP contribution in [0.2, 0.25) is 0 Å². The highest BCUT2D eigenvalue weighted by molar-refractivity contribution is 7.59. The standard InChI is InChI=1S/C13H25NO4.2H2S/c1-2-3-4-5-6-14-10-7-9(8-15)11(16)13(18)12(10)17;;/h7,10-18H,2-6,8H2,1H3;2*1H2/t10-,11-,12?,13+;;/m1../s1. The number of rotatable bonds is 7. The van der Waals surface area contributed by atoms with Crippen LogP contribution in [0, 0.1) is 0 Å². The van der Waals surface area contributed by atoms with E-state index in [2.05, 4.69) is 12.2 Å². The van der Waals surface area contributed by atoms with Gasteiger partial charge in [-0.2, -0.15) is 27.0 Å². The molecule has 0 fully saturated rings. The average Bonchev–Trinajstić information content (AvgIpc) is 2.38. The average molecular weight is 328 g/mol. The van der Waals surface area contributed by atoms with Crippen LogP contribution in [0.1, 0.15) is 32.6 Å². The Morgan fingerprint density at radius 1 is 1.05 bits per heavy atom. The van der Waals surface area contributed by atoms with E-state index >= 15 is 0 Å². The molecule has 4 atom stereocenters. The zero-order chi connectivity index (χ0) is 13.5. The molecular weight excluding hydrogens is 298 g/mol. The van der Waals surface area contributed by atoms with Crippen molar-refractivity contribution in [2.24, 2.45) is 0 Å². The molecule has 7 heteroatoms. The quantitative estimate of drug-likeness (QED) is 0.329.